The number of hydrogen-bond acceptors (Lipinski definition) is 2. The zero-order chi connectivity index (χ0) is 10.0. The minimum absolute atomic E-state index is 0.0547. The van der Waals surface area contributed by atoms with Crippen molar-refractivity contribution in [2.45, 2.75) is 13.5 Å². The van der Waals surface area contributed by atoms with E-state index in [1.165, 1.54) is 19.1 Å². The second kappa shape index (κ2) is 3.53. The van der Waals surface area contributed by atoms with Crippen LogP contribution in [0.25, 0.3) is 0 Å². The first kappa shape index (κ1) is 9.67. The fraction of sp³-hybridized carbons (Fsp3) is 0.222. The van der Waals surface area contributed by atoms with Gasteiger partial charge in [-0.05, 0) is 18.6 Å². The Hall–Kier alpha value is -1.42. The third kappa shape index (κ3) is 1.67. The van der Waals surface area contributed by atoms with Crippen molar-refractivity contribution in [3.05, 3.63) is 34.6 Å². The summed E-state index contributed by atoms with van der Waals surface area (Å²) in [6, 6.07) is 2.55. The van der Waals surface area contributed by atoms with Gasteiger partial charge < -0.3 is 10.2 Å². The van der Waals surface area contributed by atoms with Gasteiger partial charge in [0.25, 0.3) is 0 Å². The minimum Gasteiger partial charge on any atom is -0.478 e. The maximum absolute atomic E-state index is 13.2. The molecule has 1 aromatic carbocycles. The Morgan fingerprint density at radius 1 is 1.54 bits per heavy atom. The topological polar surface area (TPSA) is 57.5 Å². The predicted molar refractivity (Wildman–Crippen MR) is 44.0 cm³/mol. The molecular formula is C9H9FO3. The van der Waals surface area contributed by atoms with E-state index in [-0.39, 0.29) is 16.7 Å². The van der Waals surface area contributed by atoms with Crippen LogP contribution in [0.5, 0.6) is 0 Å². The van der Waals surface area contributed by atoms with Crippen LogP contribution in [0.15, 0.2) is 12.1 Å². The Balaban J connectivity index is 3.31. The summed E-state index contributed by atoms with van der Waals surface area (Å²) in [7, 11) is 0. The molecule has 0 unspecified atom stereocenters. The molecule has 70 valence electrons. The summed E-state index contributed by atoms with van der Waals surface area (Å²) >= 11 is 0. The molecule has 0 atom stereocenters. The Bertz CT molecular complexity index is 347. The van der Waals surface area contributed by atoms with E-state index < -0.39 is 18.4 Å². The Kier molecular flexibility index (Phi) is 2.63. The Morgan fingerprint density at radius 2 is 2.15 bits per heavy atom. The number of aromatic carboxylic acids is 1. The minimum atomic E-state index is -1.17. The summed E-state index contributed by atoms with van der Waals surface area (Å²) in [5.41, 5.74) is 0.0938. The maximum atomic E-state index is 13.2. The highest BCUT2D eigenvalue weighted by Crippen LogP contribution is 2.16. The largest absolute Gasteiger partial charge is 0.478 e. The van der Waals surface area contributed by atoms with Gasteiger partial charge in [0.1, 0.15) is 5.82 Å². The number of carboxylic acids is 1. The van der Waals surface area contributed by atoms with Crippen LogP contribution >= 0.6 is 0 Å². The summed E-state index contributed by atoms with van der Waals surface area (Å²) in [4.78, 5) is 10.5. The fourth-order valence-corrected chi connectivity index (χ4v) is 1.09. The number of carboxylic acid groups (broad SMARTS) is 1. The number of carbonyl (C=O) groups is 1. The summed E-state index contributed by atoms with van der Waals surface area (Å²) in [6.45, 7) is 0.949. The predicted octanol–water partition coefficient (Wildman–Crippen LogP) is 1.32. The number of benzene rings is 1. The molecule has 0 fully saturated rings. The van der Waals surface area contributed by atoms with Gasteiger partial charge in [-0.15, -0.1) is 0 Å². The number of aliphatic hydroxyl groups excluding tert-OH is 1. The lowest BCUT2D eigenvalue weighted by Crippen LogP contribution is -2.04. The highest BCUT2D eigenvalue weighted by molar-refractivity contribution is 5.89. The van der Waals surface area contributed by atoms with Gasteiger partial charge in [-0.2, -0.15) is 0 Å². The van der Waals surface area contributed by atoms with Crippen molar-refractivity contribution in [1.82, 2.24) is 0 Å². The third-order valence-corrected chi connectivity index (χ3v) is 1.87. The van der Waals surface area contributed by atoms with E-state index in [0.29, 0.717) is 0 Å². The second-order valence-electron chi connectivity index (χ2n) is 2.67. The lowest BCUT2D eigenvalue weighted by molar-refractivity contribution is 0.0695. The molecule has 0 aliphatic heterocycles. The molecular weight excluding hydrogens is 175 g/mol. The molecule has 0 amide bonds. The van der Waals surface area contributed by atoms with Crippen LogP contribution in [0.2, 0.25) is 0 Å². The van der Waals surface area contributed by atoms with E-state index in [4.69, 9.17) is 10.2 Å². The summed E-state index contributed by atoms with van der Waals surface area (Å²) in [5, 5.41) is 17.3. The van der Waals surface area contributed by atoms with E-state index in [9.17, 15) is 9.18 Å². The molecule has 2 N–H and O–H groups in total. The van der Waals surface area contributed by atoms with E-state index in [1.54, 1.807) is 0 Å². The molecule has 0 radical (unpaired) electrons. The van der Waals surface area contributed by atoms with Crippen molar-refractivity contribution < 1.29 is 19.4 Å². The van der Waals surface area contributed by atoms with Crippen LogP contribution in [-0.4, -0.2) is 16.2 Å². The van der Waals surface area contributed by atoms with Crippen molar-refractivity contribution in [3.63, 3.8) is 0 Å². The highest BCUT2D eigenvalue weighted by Gasteiger charge is 2.13. The van der Waals surface area contributed by atoms with Gasteiger partial charge in [0.15, 0.2) is 0 Å². The lowest BCUT2D eigenvalue weighted by Gasteiger charge is -2.05. The average Bonchev–Trinajstić information content (AvgIpc) is 2.09. The van der Waals surface area contributed by atoms with Gasteiger partial charge in [-0.1, -0.05) is 6.07 Å². The molecule has 13 heavy (non-hydrogen) atoms. The maximum Gasteiger partial charge on any atom is 0.336 e. The first-order chi connectivity index (χ1) is 6.07. The zero-order valence-electron chi connectivity index (χ0n) is 7.04. The molecule has 0 aromatic heterocycles. The first-order valence-electron chi connectivity index (χ1n) is 3.70. The fourth-order valence-electron chi connectivity index (χ4n) is 1.09. The molecule has 1 aromatic rings. The van der Waals surface area contributed by atoms with E-state index in [2.05, 4.69) is 0 Å². The normalized spacial score (nSPS) is 10.1. The standard InChI is InChI=1S/C9H9FO3/c1-5-7(9(12)13)3-2-6(4-11)8(5)10/h2-3,11H,4H2,1H3,(H,12,13). The van der Waals surface area contributed by atoms with Gasteiger partial charge in [-0.25, -0.2) is 9.18 Å². The highest BCUT2D eigenvalue weighted by atomic mass is 19.1. The number of rotatable bonds is 2. The molecule has 1 rings (SSSR count). The molecule has 4 heteroatoms. The number of aliphatic hydroxyl groups is 1. The van der Waals surface area contributed by atoms with E-state index in [0.717, 1.165) is 0 Å². The zero-order valence-corrected chi connectivity index (χ0v) is 7.04. The molecule has 0 bridgehead atoms. The summed E-state index contributed by atoms with van der Waals surface area (Å²) in [5.74, 6) is -1.82. The SMILES string of the molecule is Cc1c(C(=O)O)ccc(CO)c1F. The third-order valence-electron chi connectivity index (χ3n) is 1.87. The number of halogens is 1. The van der Waals surface area contributed by atoms with Gasteiger partial charge in [0.05, 0.1) is 12.2 Å². The van der Waals surface area contributed by atoms with Crippen LogP contribution in [0.3, 0.4) is 0 Å². The molecule has 3 nitrogen and oxygen atoms in total. The molecule has 0 spiro atoms. The van der Waals surface area contributed by atoms with Gasteiger partial charge >= 0.3 is 5.97 Å². The summed E-state index contributed by atoms with van der Waals surface area (Å²) < 4.78 is 13.2. The average molecular weight is 184 g/mol. The molecule has 0 saturated carbocycles. The van der Waals surface area contributed by atoms with Crippen molar-refractivity contribution in [1.29, 1.82) is 0 Å². The second-order valence-corrected chi connectivity index (χ2v) is 2.67. The van der Waals surface area contributed by atoms with Crippen LogP contribution in [-0.2, 0) is 6.61 Å². The van der Waals surface area contributed by atoms with Crippen molar-refractivity contribution in [2.24, 2.45) is 0 Å². The van der Waals surface area contributed by atoms with Crippen LogP contribution in [0, 0.1) is 12.7 Å². The van der Waals surface area contributed by atoms with Gasteiger partial charge in [-0.3, -0.25) is 0 Å². The van der Waals surface area contributed by atoms with Gasteiger partial charge in [0, 0.05) is 5.56 Å². The Labute approximate surface area is 74.4 Å². The Morgan fingerprint density at radius 3 is 2.62 bits per heavy atom. The molecule has 0 heterocycles. The smallest absolute Gasteiger partial charge is 0.336 e. The van der Waals surface area contributed by atoms with Crippen LogP contribution < -0.4 is 0 Å². The van der Waals surface area contributed by atoms with E-state index >= 15 is 0 Å². The van der Waals surface area contributed by atoms with Crippen LogP contribution in [0.4, 0.5) is 4.39 Å². The van der Waals surface area contributed by atoms with Crippen molar-refractivity contribution in [3.8, 4) is 0 Å². The van der Waals surface area contributed by atoms with E-state index in [1.807, 2.05) is 0 Å². The van der Waals surface area contributed by atoms with Crippen molar-refractivity contribution in [2.75, 3.05) is 0 Å². The number of hydrogen-bond donors (Lipinski definition) is 2. The molecule has 0 saturated heterocycles. The monoisotopic (exact) mass is 184 g/mol. The summed E-state index contributed by atoms with van der Waals surface area (Å²) in [6.07, 6.45) is 0. The van der Waals surface area contributed by atoms with Crippen LogP contribution in [0.1, 0.15) is 21.5 Å². The lowest BCUT2D eigenvalue weighted by atomic mass is 10.0. The quantitative estimate of drug-likeness (QED) is 0.728. The van der Waals surface area contributed by atoms with Crippen molar-refractivity contribution >= 4 is 5.97 Å². The first-order valence-corrected chi connectivity index (χ1v) is 3.70. The van der Waals surface area contributed by atoms with Gasteiger partial charge in [0.2, 0.25) is 0 Å². The molecule has 0 aliphatic carbocycles. The molecule has 0 aliphatic rings.